The Bertz CT molecular complexity index is 297. The molecule has 6 heteroatoms. The van der Waals surface area contributed by atoms with Gasteiger partial charge in [0, 0.05) is 6.04 Å². The molecule has 0 saturated heterocycles. The van der Waals surface area contributed by atoms with Crippen LogP contribution in [0.4, 0.5) is 4.79 Å². The minimum atomic E-state index is -0.987. The summed E-state index contributed by atoms with van der Waals surface area (Å²) in [7, 11) is 0. The molecule has 0 aliphatic rings. The van der Waals surface area contributed by atoms with Gasteiger partial charge in [0.05, 0.1) is 12.5 Å². The van der Waals surface area contributed by atoms with E-state index in [1.54, 1.807) is 20.8 Å². The fourth-order valence-corrected chi connectivity index (χ4v) is 1.54. The Balaban J connectivity index is 4.54. The Hall–Kier alpha value is -1.30. The SMILES string of the molecule is CC(C)C(NC(=O)OC(C)(C)C)C(N)CC(=O)O. The van der Waals surface area contributed by atoms with Gasteiger partial charge in [-0.25, -0.2) is 4.79 Å². The summed E-state index contributed by atoms with van der Waals surface area (Å²) in [6.45, 7) is 9.00. The molecule has 0 aromatic heterocycles. The molecule has 0 aromatic carbocycles. The Kier molecular flexibility index (Phi) is 6.11. The largest absolute Gasteiger partial charge is 0.481 e. The van der Waals surface area contributed by atoms with Crippen molar-refractivity contribution in [1.82, 2.24) is 5.32 Å². The monoisotopic (exact) mass is 260 g/mol. The van der Waals surface area contributed by atoms with Gasteiger partial charge in [-0.1, -0.05) is 13.8 Å². The van der Waals surface area contributed by atoms with Crippen molar-refractivity contribution in [2.45, 2.75) is 58.7 Å². The molecule has 0 spiro atoms. The zero-order chi connectivity index (χ0) is 14.5. The first-order valence-corrected chi connectivity index (χ1v) is 6.00. The molecule has 0 aliphatic heterocycles. The highest BCUT2D eigenvalue weighted by molar-refractivity contribution is 5.69. The number of carbonyl (C=O) groups excluding carboxylic acids is 1. The van der Waals surface area contributed by atoms with Crippen LogP contribution in [0.3, 0.4) is 0 Å². The number of aliphatic carboxylic acids is 1. The van der Waals surface area contributed by atoms with Gasteiger partial charge in [0.25, 0.3) is 0 Å². The average Bonchev–Trinajstić information content (AvgIpc) is 2.09. The summed E-state index contributed by atoms with van der Waals surface area (Å²) in [6.07, 6.45) is -0.777. The van der Waals surface area contributed by atoms with E-state index in [9.17, 15) is 9.59 Å². The highest BCUT2D eigenvalue weighted by atomic mass is 16.6. The van der Waals surface area contributed by atoms with Gasteiger partial charge in [-0.2, -0.15) is 0 Å². The van der Waals surface area contributed by atoms with Gasteiger partial charge in [-0.3, -0.25) is 4.79 Å². The minimum Gasteiger partial charge on any atom is -0.481 e. The van der Waals surface area contributed by atoms with E-state index in [0.29, 0.717) is 0 Å². The standard InChI is InChI=1S/C12H24N2O4/c1-7(2)10(8(13)6-9(15)16)14-11(17)18-12(3,4)5/h7-8,10H,6,13H2,1-5H3,(H,14,17)(H,15,16). The van der Waals surface area contributed by atoms with Gasteiger partial charge in [0.2, 0.25) is 0 Å². The van der Waals surface area contributed by atoms with Gasteiger partial charge in [0.1, 0.15) is 5.60 Å². The normalized spacial score (nSPS) is 15.1. The summed E-state index contributed by atoms with van der Waals surface area (Å²) in [5.74, 6) is -0.967. The van der Waals surface area contributed by atoms with Crippen LogP contribution in [0.2, 0.25) is 0 Å². The molecule has 0 bridgehead atoms. The van der Waals surface area contributed by atoms with Gasteiger partial charge >= 0.3 is 12.1 Å². The lowest BCUT2D eigenvalue weighted by Gasteiger charge is -2.29. The molecule has 0 radical (unpaired) electrons. The van der Waals surface area contributed by atoms with Crippen LogP contribution < -0.4 is 11.1 Å². The van der Waals surface area contributed by atoms with E-state index < -0.39 is 29.7 Å². The topological polar surface area (TPSA) is 102 Å². The summed E-state index contributed by atoms with van der Waals surface area (Å²) in [5.41, 5.74) is 5.19. The lowest BCUT2D eigenvalue weighted by atomic mass is 9.95. The first-order valence-electron chi connectivity index (χ1n) is 6.00. The van der Waals surface area contributed by atoms with Crippen LogP contribution in [-0.4, -0.2) is 34.9 Å². The van der Waals surface area contributed by atoms with E-state index in [0.717, 1.165) is 0 Å². The van der Waals surface area contributed by atoms with Crippen molar-refractivity contribution in [3.63, 3.8) is 0 Å². The zero-order valence-corrected chi connectivity index (χ0v) is 11.7. The van der Waals surface area contributed by atoms with E-state index in [2.05, 4.69) is 5.32 Å². The number of carboxylic acids is 1. The smallest absolute Gasteiger partial charge is 0.407 e. The Morgan fingerprint density at radius 1 is 1.33 bits per heavy atom. The second-order valence-corrected chi connectivity index (χ2v) is 5.68. The zero-order valence-electron chi connectivity index (χ0n) is 11.7. The van der Waals surface area contributed by atoms with Crippen molar-refractivity contribution in [2.24, 2.45) is 11.7 Å². The van der Waals surface area contributed by atoms with Gasteiger partial charge in [0.15, 0.2) is 0 Å². The number of hydrogen-bond donors (Lipinski definition) is 3. The lowest BCUT2D eigenvalue weighted by Crippen LogP contribution is -2.52. The number of amides is 1. The van der Waals surface area contributed by atoms with Crippen molar-refractivity contribution in [3.8, 4) is 0 Å². The fraction of sp³-hybridized carbons (Fsp3) is 0.833. The van der Waals surface area contributed by atoms with Crippen LogP contribution in [0.5, 0.6) is 0 Å². The van der Waals surface area contributed by atoms with E-state index >= 15 is 0 Å². The van der Waals surface area contributed by atoms with Gasteiger partial charge < -0.3 is 20.9 Å². The molecular formula is C12H24N2O4. The summed E-state index contributed by atoms with van der Waals surface area (Å²) in [5, 5.41) is 11.3. The van der Waals surface area contributed by atoms with Crippen molar-refractivity contribution in [1.29, 1.82) is 0 Å². The summed E-state index contributed by atoms with van der Waals surface area (Å²) in [6, 6.07) is -1.08. The molecule has 2 unspecified atom stereocenters. The number of carbonyl (C=O) groups is 2. The number of hydrogen-bond acceptors (Lipinski definition) is 4. The van der Waals surface area contributed by atoms with Crippen LogP contribution >= 0.6 is 0 Å². The lowest BCUT2D eigenvalue weighted by molar-refractivity contribution is -0.137. The molecule has 4 N–H and O–H groups in total. The maximum absolute atomic E-state index is 11.6. The minimum absolute atomic E-state index is 0.0202. The van der Waals surface area contributed by atoms with E-state index in [1.807, 2.05) is 13.8 Å². The number of alkyl carbamates (subject to hydrolysis) is 1. The molecule has 0 aromatic rings. The number of rotatable bonds is 5. The van der Waals surface area contributed by atoms with Crippen LogP contribution in [0, 0.1) is 5.92 Å². The molecule has 0 aliphatic carbocycles. The molecule has 0 fully saturated rings. The quantitative estimate of drug-likeness (QED) is 0.692. The highest BCUT2D eigenvalue weighted by Gasteiger charge is 2.27. The third-order valence-electron chi connectivity index (χ3n) is 2.27. The number of nitrogens with two attached hydrogens (primary N) is 1. The predicted octanol–water partition coefficient (Wildman–Crippen LogP) is 1.34. The number of carboxylic acid groups (broad SMARTS) is 1. The van der Waals surface area contributed by atoms with Crippen LogP contribution in [0.1, 0.15) is 41.0 Å². The molecule has 18 heavy (non-hydrogen) atoms. The molecule has 0 rings (SSSR count). The third-order valence-corrected chi connectivity index (χ3v) is 2.27. The van der Waals surface area contributed by atoms with E-state index in [1.165, 1.54) is 0 Å². The highest BCUT2D eigenvalue weighted by Crippen LogP contribution is 2.11. The van der Waals surface area contributed by atoms with E-state index in [-0.39, 0.29) is 12.3 Å². The van der Waals surface area contributed by atoms with Crippen molar-refractivity contribution in [3.05, 3.63) is 0 Å². The summed E-state index contributed by atoms with van der Waals surface area (Å²) < 4.78 is 5.12. The first-order chi connectivity index (χ1) is 8.03. The van der Waals surface area contributed by atoms with Crippen molar-refractivity contribution >= 4 is 12.1 Å². The Morgan fingerprint density at radius 3 is 2.17 bits per heavy atom. The maximum Gasteiger partial charge on any atom is 0.407 e. The Morgan fingerprint density at radius 2 is 1.83 bits per heavy atom. The van der Waals surface area contributed by atoms with Crippen molar-refractivity contribution < 1.29 is 19.4 Å². The van der Waals surface area contributed by atoms with Gasteiger partial charge in [-0.15, -0.1) is 0 Å². The van der Waals surface area contributed by atoms with E-state index in [4.69, 9.17) is 15.6 Å². The Labute approximate surface area is 108 Å². The molecular weight excluding hydrogens is 236 g/mol. The fourth-order valence-electron chi connectivity index (χ4n) is 1.54. The summed E-state index contributed by atoms with van der Waals surface area (Å²) in [4.78, 5) is 22.3. The van der Waals surface area contributed by atoms with Crippen LogP contribution in [0.25, 0.3) is 0 Å². The molecule has 6 nitrogen and oxygen atoms in total. The summed E-state index contributed by atoms with van der Waals surface area (Å²) >= 11 is 0. The second-order valence-electron chi connectivity index (χ2n) is 5.68. The molecule has 0 heterocycles. The predicted molar refractivity (Wildman–Crippen MR) is 68.2 cm³/mol. The number of nitrogens with one attached hydrogen (secondary N) is 1. The van der Waals surface area contributed by atoms with Crippen molar-refractivity contribution in [2.75, 3.05) is 0 Å². The molecule has 1 amide bonds. The maximum atomic E-state index is 11.6. The number of ether oxygens (including phenoxy) is 1. The first kappa shape index (κ1) is 16.7. The molecule has 106 valence electrons. The third kappa shape index (κ3) is 7.11. The second kappa shape index (κ2) is 6.58. The average molecular weight is 260 g/mol. The molecule has 2 atom stereocenters. The molecule has 0 saturated carbocycles. The van der Waals surface area contributed by atoms with Crippen LogP contribution in [0.15, 0.2) is 0 Å². The van der Waals surface area contributed by atoms with Gasteiger partial charge in [-0.05, 0) is 26.7 Å². The van der Waals surface area contributed by atoms with Crippen LogP contribution in [-0.2, 0) is 9.53 Å².